The summed E-state index contributed by atoms with van der Waals surface area (Å²) in [5.41, 5.74) is 7.99. The number of hydrogen-bond donors (Lipinski definition) is 3. The minimum absolute atomic E-state index is 0.208. The van der Waals surface area contributed by atoms with Gasteiger partial charge >= 0.3 is 0 Å². The second kappa shape index (κ2) is 4.89. The van der Waals surface area contributed by atoms with Crippen molar-refractivity contribution in [3.8, 4) is 0 Å². The van der Waals surface area contributed by atoms with Gasteiger partial charge in [-0.3, -0.25) is 4.98 Å². The van der Waals surface area contributed by atoms with Gasteiger partial charge in [0.05, 0.1) is 6.33 Å². The van der Waals surface area contributed by atoms with Crippen LogP contribution in [0.4, 0.5) is 11.8 Å². The lowest BCUT2D eigenvalue weighted by atomic mass is 10.3. The number of nitrogens with zero attached hydrogens (tertiary/aromatic N) is 4. The zero-order chi connectivity index (χ0) is 13.1. The molecule has 0 saturated heterocycles. The lowest BCUT2D eigenvalue weighted by molar-refractivity contribution is 0.954. The van der Waals surface area contributed by atoms with E-state index in [2.05, 4.69) is 30.2 Å². The van der Waals surface area contributed by atoms with Crippen LogP contribution < -0.4 is 11.1 Å². The minimum Gasteiger partial charge on any atom is -0.368 e. The Morgan fingerprint density at radius 1 is 1.21 bits per heavy atom. The van der Waals surface area contributed by atoms with Crippen LogP contribution in [0.1, 0.15) is 5.69 Å². The predicted octanol–water partition coefficient (Wildman–Crippen LogP) is 0.985. The second-order valence-electron chi connectivity index (χ2n) is 4.03. The van der Waals surface area contributed by atoms with E-state index in [4.69, 9.17) is 5.73 Å². The van der Waals surface area contributed by atoms with Crippen molar-refractivity contribution < 1.29 is 0 Å². The van der Waals surface area contributed by atoms with Gasteiger partial charge in [-0.1, -0.05) is 6.07 Å². The van der Waals surface area contributed by atoms with Gasteiger partial charge in [0.25, 0.3) is 0 Å². The van der Waals surface area contributed by atoms with Crippen molar-refractivity contribution in [2.24, 2.45) is 0 Å². The number of hydrogen-bond acceptors (Lipinski definition) is 6. The van der Waals surface area contributed by atoms with E-state index in [0.717, 1.165) is 17.6 Å². The number of nitrogens with two attached hydrogens (primary N) is 1. The molecule has 0 amide bonds. The zero-order valence-electron chi connectivity index (χ0n) is 10.2. The van der Waals surface area contributed by atoms with E-state index in [1.807, 2.05) is 18.2 Å². The van der Waals surface area contributed by atoms with Gasteiger partial charge in [-0.25, -0.2) is 4.98 Å². The standard InChI is InChI=1S/C12H13N7/c13-12-18-10(9-11(19-12)17-7-16-9)15-6-4-8-3-1-2-5-14-8/h1-3,5,7H,4,6H2,(H4,13,15,16,17,18,19). The number of fused-ring (bicyclic) bond motifs is 1. The molecule has 0 aromatic carbocycles. The maximum Gasteiger partial charge on any atom is 0.224 e. The third kappa shape index (κ3) is 2.44. The summed E-state index contributed by atoms with van der Waals surface area (Å²) in [6.07, 6.45) is 4.16. The summed E-state index contributed by atoms with van der Waals surface area (Å²) in [6.45, 7) is 0.710. The van der Waals surface area contributed by atoms with E-state index >= 15 is 0 Å². The normalized spacial score (nSPS) is 10.7. The minimum atomic E-state index is 0.208. The van der Waals surface area contributed by atoms with Crippen LogP contribution in [-0.2, 0) is 6.42 Å². The molecule has 3 rings (SSSR count). The molecule has 0 radical (unpaired) electrons. The summed E-state index contributed by atoms with van der Waals surface area (Å²) < 4.78 is 0. The van der Waals surface area contributed by atoms with Gasteiger partial charge in [0.15, 0.2) is 11.5 Å². The zero-order valence-corrected chi connectivity index (χ0v) is 10.2. The van der Waals surface area contributed by atoms with Crippen LogP contribution in [0.15, 0.2) is 30.7 Å². The summed E-state index contributed by atoms with van der Waals surface area (Å²) in [5.74, 6) is 0.871. The topological polar surface area (TPSA) is 105 Å². The molecule has 0 saturated carbocycles. The van der Waals surface area contributed by atoms with Gasteiger partial charge in [0.2, 0.25) is 5.95 Å². The van der Waals surface area contributed by atoms with Crippen LogP contribution >= 0.6 is 0 Å². The number of H-pyrrole nitrogens is 1. The third-order valence-corrected chi connectivity index (χ3v) is 2.70. The number of aromatic nitrogens is 5. The molecule has 0 fully saturated rings. The van der Waals surface area contributed by atoms with E-state index in [-0.39, 0.29) is 5.95 Å². The molecule has 7 nitrogen and oxygen atoms in total. The van der Waals surface area contributed by atoms with E-state index in [1.165, 1.54) is 0 Å². The van der Waals surface area contributed by atoms with Gasteiger partial charge in [-0.2, -0.15) is 9.97 Å². The Bertz CT molecular complexity index is 677. The third-order valence-electron chi connectivity index (χ3n) is 2.70. The van der Waals surface area contributed by atoms with Crippen molar-refractivity contribution in [2.75, 3.05) is 17.6 Å². The fourth-order valence-electron chi connectivity index (χ4n) is 1.83. The van der Waals surface area contributed by atoms with Crippen molar-refractivity contribution in [1.82, 2.24) is 24.9 Å². The van der Waals surface area contributed by atoms with Crippen molar-refractivity contribution >= 4 is 22.9 Å². The highest BCUT2D eigenvalue weighted by molar-refractivity contribution is 5.83. The Balaban J connectivity index is 1.73. The molecule has 0 unspecified atom stereocenters. The molecule has 0 aliphatic heterocycles. The van der Waals surface area contributed by atoms with Gasteiger partial charge < -0.3 is 16.0 Å². The van der Waals surface area contributed by atoms with Crippen LogP contribution in [0.5, 0.6) is 0 Å². The maximum atomic E-state index is 5.64. The van der Waals surface area contributed by atoms with Crippen molar-refractivity contribution in [3.63, 3.8) is 0 Å². The van der Waals surface area contributed by atoms with Gasteiger partial charge in [0, 0.05) is 24.9 Å². The van der Waals surface area contributed by atoms with E-state index in [1.54, 1.807) is 12.5 Å². The average Bonchev–Trinajstić information content (AvgIpc) is 2.88. The molecular weight excluding hydrogens is 242 g/mol. The second-order valence-corrected chi connectivity index (χ2v) is 4.03. The summed E-state index contributed by atoms with van der Waals surface area (Å²) in [6, 6.07) is 5.86. The predicted molar refractivity (Wildman–Crippen MR) is 72.5 cm³/mol. The molecule has 0 aliphatic carbocycles. The fraction of sp³-hybridized carbons (Fsp3) is 0.167. The molecule has 3 aromatic rings. The Labute approximate surface area is 109 Å². The van der Waals surface area contributed by atoms with E-state index < -0.39 is 0 Å². The first-order valence-corrected chi connectivity index (χ1v) is 5.93. The van der Waals surface area contributed by atoms with Crippen LogP contribution in [0.3, 0.4) is 0 Å². The number of nitrogens with one attached hydrogen (secondary N) is 2. The monoisotopic (exact) mass is 255 g/mol. The largest absolute Gasteiger partial charge is 0.368 e. The first-order chi connectivity index (χ1) is 9.33. The number of anilines is 2. The Morgan fingerprint density at radius 3 is 3.00 bits per heavy atom. The van der Waals surface area contributed by atoms with Crippen molar-refractivity contribution in [1.29, 1.82) is 0 Å². The molecule has 0 bridgehead atoms. The number of pyridine rings is 1. The SMILES string of the molecule is Nc1nc(NCCc2ccccn2)c2[nH]cnc2n1. The van der Waals surface area contributed by atoms with Crippen LogP contribution in [-0.4, -0.2) is 31.5 Å². The lowest BCUT2D eigenvalue weighted by Crippen LogP contribution is -2.09. The summed E-state index contributed by atoms with van der Waals surface area (Å²) in [4.78, 5) is 19.5. The van der Waals surface area contributed by atoms with Gasteiger partial charge in [-0.15, -0.1) is 0 Å². The van der Waals surface area contributed by atoms with Gasteiger partial charge in [0.1, 0.15) is 5.52 Å². The Kier molecular flexibility index (Phi) is 2.93. The highest BCUT2D eigenvalue weighted by atomic mass is 15.1. The van der Waals surface area contributed by atoms with Crippen molar-refractivity contribution in [2.45, 2.75) is 6.42 Å². The van der Waals surface area contributed by atoms with Crippen molar-refractivity contribution in [3.05, 3.63) is 36.4 Å². The quantitative estimate of drug-likeness (QED) is 0.642. The van der Waals surface area contributed by atoms with Crippen LogP contribution in [0.25, 0.3) is 11.2 Å². The molecular formula is C12H13N7. The number of nitrogen functional groups attached to an aromatic ring is 1. The van der Waals surface area contributed by atoms with Crippen LogP contribution in [0, 0.1) is 0 Å². The van der Waals surface area contributed by atoms with Gasteiger partial charge in [-0.05, 0) is 12.1 Å². The lowest BCUT2D eigenvalue weighted by Gasteiger charge is -2.06. The molecule has 3 aromatic heterocycles. The molecule has 96 valence electrons. The summed E-state index contributed by atoms with van der Waals surface area (Å²) in [7, 11) is 0. The molecule has 0 atom stereocenters. The summed E-state index contributed by atoms with van der Waals surface area (Å²) in [5, 5.41) is 3.22. The first-order valence-electron chi connectivity index (χ1n) is 5.93. The number of imidazole rings is 1. The summed E-state index contributed by atoms with van der Waals surface area (Å²) >= 11 is 0. The fourth-order valence-corrected chi connectivity index (χ4v) is 1.83. The Hall–Kier alpha value is -2.70. The highest BCUT2D eigenvalue weighted by Crippen LogP contribution is 2.16. The van der Waals surface area contributed by atoms with Crippen LogP contribution in [0.2, 0.25) is 0 Å². The van der Waals surface area contributed by atoms with E-state index in [9.17, 15) is 0 Å². The molecule has 0 spiro atoms. The molecule has 3 heterocycles. The molecule has 4 N–H and O–H groups in total. The average molecular weight is 255 g/mol. The molecule has 19 heavy (non-hydrogen) atoms. The Morgan fingerprint density at radius 2 is 2.16 bits per heavy atom. The smallest absolute Gasteiger partial charge is 0.224 e. The first kappa shape index (κ1) is 11.4. The maximum absolute atomic E-state index is 5.64. The molecule has 7 heteroatoms. The molecule has 0 aliphatic rings. The number of aromatic amines is 1. The van der Waals surface area contributed by atoms with E-state index in [0.29, 0.717) is 18.0 Å². The number of rotatable bonds is 4. The highest BCUT2D eigenvalue weighted by Gasteiger charge is 2.07.